The number of carbonyl (C=O) groups is 1. The Labute approximate surface area is 101 Å². The highest BCUT2D eigenvalue weighted by atomic mass is 19.4. The van der Waals surface area contributed by atoms with Crippen LogP contribution >= 0.6 is 0 Å². The zero-order chi connectivity index (χ0) is 14.1. The summed E-state index contributed by atoms with van der Waals surface area (Å²) in [5.74, 6) is -1.07. The first-order chi connectivity index (χ1) is 8.14. The summed E-state index contributed by atoms with van der Waals surface area (Å²) in [4.78, 5) is 22.7. The number of carbonyl (C=O) groups excluding carboxylic acids is 1. The standard InChI is InChI=1S/C11H11F3N2O2/c1-6(2)5-16-8(11(12,13)14)4-3-7(9(15)17)10(16)18/h3-4H,1,5H2,2H3,(H2,15,17). The van der Waals surface area contributed by atoms with Crippen molar-refractivity contribution in [3.8, 4) is 0 Å². The number of aromatic nitrogens is 1. The number of nitrogens with two attached hydrogens (primary N) is 1. The number of allylic oxidation sites excluding steroid dienone is 1. The van der Waals surface area contributed by atoms with E-state index in [0.29, 0.717) is 16.2 Å². The lowest BCUT2D eigenvalue weighted by atomic mass is 10.2. The molecule has 0 radical (unpaired) electrons. The summed E-state index contributed by atoms with van der Waals surface area (Å²) in [6, 6.07) is 1.44. The molecule has 0 aromatic carbocycles. The lowest BCUT2D eigenvalue weighted by molar-refractivity contribution is -0.144. The van der Waals surface area contributed by atoms with Crippen molar-refractivity contribution in [3.05, 3.63) is 45.9 Å². The Morgan fingerprint density at radius 1 is 1.44 bits per heavy atom. The monoisotopic (exact) mass is 260 g/mol. The fourth-order valence-electron chi connectivity index (χ4n) is 1.44. The van der Waals surface area contributed by atoms with Crippen LogP contribution in [-0.4, -0.2) is 10.5 Å². The number of alkyl halides is 3. The van der Waals surface area contributed by atoms with Gasteiger partial charge in [0, 0.05) is 6.54 Å². The van der Waals surface area contributed by atoms with Crippen molar-refractivity contribution in [3.63, 3.8) is 0 Å². The van der Waals surface area contributed by atoms with Gasteiger partial charge in [0.05, 0.1) is 0 Å². The van der Waals surface area contributed by atoms with Gasteiger partial charge in [-0.1, -0.05) is 12.2 Å². The molecule has 0 atom stereocenters. The lowest BCUT2D eigenvalue weighted by Crippen LogP contribution is -2.34. The van der Waals surface area contributed by atoms with E-state index in [1.165, 1.54) is 6.92 Å². The topological polar surface area (TPSA) is 65.1 Å². The van der Waals surface area contributed by atoms with E-state index in [1.54, 1.807) is 0 Å². The lowest BCUT2D eigenvalue weighted by Gasteiger charge is -2.15. The van der Waals surface area contributed by atoms with Gasteiger partial charge >= 0.3 is 6.18 Å². The zero-order valence-electron chi connectivity index (χ0n) is 9.54. The number of primary amides is 1. The van der Waals surface area contributed by atoms with Crippen LogP contribution in [0.1, 0.15) is 23.0 Å². The average Bonchev–Trinajstić information content (AvgIpc) is 2.17. The van der Waals surface area contributed by atoms with Crippen molar-refractivity contribution in [1.29, 1.82) is 0 Å². The summed E-state index contributed by atoms with van der Waals surface area (Å²) in [5, 5.41) is 0. The summed E-state index contributed by atoms with van der Waals surface area (Å²) < 4.78 is 38.6. The molecule has 4 nitrogen and oxygen atoms in total. The Morgan fingerprint density at radius 3 is 2.39 bits per heavy atom. The van der Waals surface area contributed by atoms with E-state index in [-0.39, 0.29) is 6.54 Å². The van der Waals surface area contributed by atoms with Crippen LogP contribution in [0.5, 0.6) is 0 Å². The Hall–Kier alpha value is -2.05. The minimum Gasteiger partial charge on any atom is -0.365 e. The van der Waals surface area contributed by atoms with Crippen LogP contribution in [0.15, 0.2) is 29.1 Å². The second kappa shape index (κ2) is 4.67. The number of hydrogen-bond donors (Lipinski definition) is 1. The molecule has 0 unspecified atom stereocenters. The molecule has 0 spiro atoms. The number of amides is 1. The third-order valence-electron chi connectivity index (χ3n) is 2.16. The van der Waals surface area contributed by atoms with Crippen LogP contribution in [0.4, 0.5) is 13.2 Å². The Balaban J connectivity index is 3.57. The van der Waals surface area contributed by atoms with Crippen molar-refractivity contribution >= 4 is 5.91 Å². The highest BCUT2D eigenvalue weighted by molar-refractivity contribution is 5.92. The van der Waals surface area contributed by atoms with Crippen molar-refractivity contribution in [2.45, 2.75) is 19.6 Å². The number of nitrogens with zero attached hydrogens (tertiary/aromatic N) is 1. The molecule has 98 valence electrons. The molecule has 0 aliphatic heterocycles. The third kappa shape index (κ3) is 2.79. The SMILES string of the molecule is C=C(C)Cn1c(C(F)(F)F)ccc(C(N)=O)c1=O. The molecular formula is C11H11F3N2O2. The van der Waals surface area contributed by atoms with Gasteiger partial charge in [0.1, 0.15) is 11.3 Å². The maximum Gasteiger partial charge on any atom is 0.431 e. The van der Waals surface area contributed by atoms with Crippen LogP contribution in [0.3, 0.4) is 0 Å². The summed E-state index contributed by atoms with van der Waals surface area (Å²) >= 11 is 0. The molecule has 1 aromatic rings. The summed E-state index contributed by atoms with van der Waals surface area (Å²) in [5.41, 5.74) is 2.58. The molecule has 0 bridgehead atoms. The first kappa shape index (κ1) is 14.0. The van der Waals surface area contributed by atoms with Gasteiger partial charge in [-0.25, -0.2) is 0 Å². The molecule has 7 heteroatoms. The fourth-order valence-corrected chi connectivity index (χ4v) is 1.44. The van der Waals surface area contributed by atoms with E-state index in [4.69, 9.17) is 5.73 Å². The molecule has 0 aliphatic rings. The second-order valence-electron chi connectivity index (χ2n) is 3.84. The molecule has 2 N–H and O–H groups in total. The summed E-state index contributed by atoms with van der Waals surface area (Å²) in [6.45, 7) is 4.60. The quantitative estimate of drug-likeness (QED) is 0.838. The van der Waals surface area contributed by atoms with E-state index in [1.807, 2.05) is 0 Å². The smallest absolute Gasteiger partial charge is 0.365 e. The van der Waals surface area contributed by atoms with Gasteiger partial charge in [-0.05, 0) is 19.1 Å². The zero-order valence-corrected chi connectivity index (χ0v) is 9.54. The number of hydrogen-bond acceptors (Lipinski definition) is 2. The van der Waals surface area contributed by atoms with E-state index < -0.39 is 28.9 Å². The maximum atomic E-state index is 12.7. The van der Waals surface area contributed by atoms with E-state index in [2.05, 4.69) is 6.58 Å². The highest BCUT2D eigenvalue weighted by Crippen LogP contribution is 2.28. The van der Waals surface area contributed by atoms with E-state index in [0.717, 1.165) is 6.07 Å². The number of rotatable bonds is 3. The minimum atomic E-state index is -4.69. The van der Waals surface area contributed by atoms with Crippen molar-refractivity contribution < 1.29 is 18.0 Å². The van der Waals surface area contributed by atoms with E-state index in [9.17, 15) is 22.8 Å². The Bertz CT molecular complexity index is 558. The van der Waals surface area contributed by atoms with E-state index >= 15 is 0 Å². The van der Waals surface area contributed by atoms with Crippen molar-refractivity contribution in [1.82, 2.24) is 4.57 Å². The predicted molar refractivity (Wildman–Crippen MR) is 59.0 cm³/mol. The average molecular weight is 260 g/mol. The highest BCUT2D eigenvalue weighted by Gasteiger charge is 2.35. The number of pyridine rings is 1. The number of halogens is 3. The first-order valence-electron chi connectivity index (χ1n) is 4.90. The maximum absolute atomic E-state index is 12.7. The summed E-state index contributed by atoms with van der Waals surface area (Å²) in [7, 11) is 0. The Morgan fingerprint density at radius 2 is 2.00 bits per heavy atom. The van der Waals surface area contributed by atoms with Crippen molar-refractivity contribution in [2.75, 3.05) is 0 Å². The fraction of sp³-hybridized carbons (Fsp3) is 0.273. The van der Waals surface area contributed by atoms with Crippen LogP contribution in [0.2, 0.25) is 0 Å². The first-order valence-corrected chi connectivity index (χ1v) is 4.90. The molecular weight excluding hydrogens is 249 g/mol. The Kier molecular flexibility index (Phi) is 3.64. The molecule has 1 heterocycles. The van der Waals surface area contributed by atoms with Gasteiger partial charge in [0.25, 0.3) is 11.5 Å². The molecule has 1 rings (SSSR count). The van der Waals surface area contributed by atoms with Gasteiger partial charge in [-0.3, -0.25) is 14.2 Å². The van der Waals surface area contributed by atoms with Gasteiger partial charge in [0.15, 0.2) is 0 Å². The molecule has 1 amide bonds. The second-order valence-corrected chi connectivity index (χ2v) is 3.84. The molecule has 0 saturated carbocycles. The van der Waals surface area contributed by atoms with Crippen LogP contribution < -0.4 is 11.3 Å². The van der Waals surface area contributed by atoms with Gasteiger partial charge < -0.3 is 5.73 Å². The third-order valence-corrected chi connectivity index (χ3v) is 2.16. The van der Waals surface area contributed by atoms with Crippen molar-refractivity contribution in [2.24, 2.45) is 5.73 Å². The normalized spacial score (nSPS) is 11.3. The van der Waals surface area contributed by atoms with Crippen LogP contribution in [0.25, 0.3) is 0 Å². The van der Waals surface area contributed by atoms with Crippen LogP contribution in [-0.2, 0) is 12.7 Å². The van der Waals surface area contributed by atoms with Crippen LogP contribution in [0, 0.1) is 0 Å². The van der Waals surface area contributed by atoms with Gasteiger partial charge in [0.2, 0.25) is 0 Å². The molecule has 0 fully saturated rings. The van der Waals surface area contributed by atoms with Gasteiger partial charge in [-0.15, -0.1) is 0 Å². The molecule has 1 aromatic heterocycles. The molecule has 0 saturated heterocycles. The molecule has 18 heavy (non-hydrogen) atoms. The minimum absolute atomic E-state index is 0.325. The predicted octanol–water partition coefficient (Wildman–Crippen LogP) is 1.54. The molecule has 0 aliphatic carbocycles. The summed E-state index contributed by atoms with van der Waals surface area (Å²) in [6.07, 6.45) is -4.69. The largest absolute Gasteiger partial charge is 0.431 e. The van der Waals surface area contributed by atoms with Gasteiger partial charge in [-0.2, -0.15) is 13.2 Å².